The lowest BCUT2D eigenvalue weighted by atomic mass is 9.98. The third-order valence-corrected chi connectivity index (χ3v) is 7.74. The Bertz CT molecular complexity index is 1030. The number of nitrogens with zero attached hydrogens (tertiary/aromatic N) is 1. The van der Waals surface area contributed by atoms with Crippen molar-refractivity contribution in [3.05, 3.63) is 59.7 Å². The number of ether oxygens (including phenoxy) is 1. The predicted molar refractivity (Wildman–Crippen MR) is 132 cm³/mol. The van der Waals surface area contributed by atoms with Gasteiger partial charge in [-0.25, -0.2) is 9.59 Å². The normalized spacial score (nSPS) is 19.9. The molecule has 0 spiro atoms. The van der Waals surface area contributed by atoms with Gasteiger partial charge in [0.15, 0.2) is 0 Å². The first-order valence-corrected chi connectivity index (χ1v) is 12.7. The molecule has 2 aromatic rings. The van der Waals surface area contributed by atoms with E-state index in [1.165, 1.54) is 16.7 Å². The summed E-state index contributed by atoms with van der Waals surface area (Å²) in [4.78, 5) is 38.6. The molecule has 1 aliphatic heterocycles. The van der Waals surface area contributed by atoms with Crippen molar-refractivity contribution in [1.82, 2.24) is 10.2 Å². The number of fused-ring (bicyclic) bond motifs is 3. The zero-order valence-corrected chi connectivity index (χ0v) is 20.2. The number of benzene rings is 2. The molecule has 2 aliphatic rings. The fourth-order valence-corrected chi connectivity index (χ4v) is 6.10. The molecule has 3 atom stereocenters. The van der Waals surface area contributed by atoms with E-state index in [0.29, 0.717) is 12.2 Å². The van der Waals surface area contributed by atoms with Gasteiger partial charge in [0.2, 0.25) is 5.91 Å². The van der Waals surface area contributed by atoms with Gasteiger partial charge in [0.05, 0.1) is 5.37 Å². The molecule has 1 fully saturated rings. The van der Waals surface area contributed by atoms with Crippen molar-refractivity contribution in [1.29, 1.82) is 0 Å². The lowest BCUT2D eigenvalue weighted by Crippen LogP contribution is -2.47. The minimum Gasteiger partial charge on any atom is -0.480 e. The maximum atomic E-state index is 12.9. The van der Waals surface area contributed by atoms with E-state index in [1.807, 2.05) is 38.1 Å². The summed E-state index contributed by atoms with van der Waals surface area (Å²) in [6.07, 6.45) is 0.857. The molecule has 2 N–H and O–H groups in total. The van der Waals surface area contributed by atoms with Crippen LogP contribution in [0.4, 0.5) is 4.79 Å². The van der Waals surface area contributed by atoms with E-state index in [9.17, 15) is 19.5 Å². The quantitative estimate of drug-likeness (QED) is 0.577. The largest absolute Gasteiger partial charge is 0.480 e. The van der Waals surface area contributed by atoms with Gasteiger partial charge >= 0.3 is 12.1 Å². The molecule has 1 heterocycles. The number of hydrogen-bond acceptors (Lipinski definition) is 5. The van der Waals surface area contributed by atoms with E-state index >= 15 is 0 Å². The summed E-state index contributed by atoms with van der Waals surface area (Å²) >= 11 is 1.45. The van der Waals surface area contributed by atoms with Crippen molar-refractivity contribution in [3.63, 3.8) is 0 Å². The van der Waals surface area contributed by atoms with Crippen LogP contribution in [0.5, 0.6) is 0 Å². The van der Waals surface area contributed by atoms with Crippen LogP contribution in [-0.2, 0) is 14.3 Å². The Kier molecular flexibility index (Phi) is 7.46. The summed E-state index contributed by atoms with van der Waals surface area (Å²) in [7, 11) is 0. The first-order chi connectivity index (χ1) is 16.4. The standard InChI is InChI=1S/C26H30N2O5S/c1-3-8-17(13-24(29)28-16(2)34-15-23(28)25(30)31)27-26(32)33-14-22-20-11-6-4-9-18(20)19-10-5-7-12-21(19)22/h4-7,9-12,16-17,22-23H,3,8,13-15H2,1-2H3,(H,27,32)(H,30,31). The second kappa shape index (κ2) is 10.5. The summed E-state index contributed by atoms with van der Waals surface area (Å²) in [5.41, 5.74) is 4.59. The van der Waals surface area contributed by atoms with Gasteiger partial charge in [0.25, 0.3) is 0 Å². The number of carbonyl (C=O) groups excluding carboxylic acids is 2. The van der Waals surface area contributed by atoms with E-state index in [4.69, 9.17) is 4.74 Å². The van der Waals surface area contributed by atoms with Gasteiger partial charge in [-0.05, 0) is 35.6 Å². The first-order valence-electron chi connectivity index (χ1n) is 11.7. The molecule has 2 amide bonds. The van der Waals surface area contributed by atoms with Crippen LogP contribution < -0.4 is 5.32 Å². The van der Waals surface area contributed by atoms with Crippen molar-refractivity contribution in [2.24, 2.45) is 0 Å². The van der Waals surface area contributed by atoms with E-state index in [-0.39, 0.29) is 30.2 Å². The number of thioether (sulfide) groups is 1. The average Bonchev–Trinajstić information content (AvgIpc) is 3.36. The second-order valence-corrected chi connectivity index (χ2v) is 10.1. The van der Waals surface area contributed by atoms with Gasteiger partial charge < -0.3 is 20.1 Å². The zero-order chi connectivity index (χ0) is 24.2. The monoisotopic (exact) mass is 482 g/mol. The van der Waals surface area contributed by atoms with Gasteiger partial charge in [-0.15, -0.1) is 11.8 Å². The number of amides is 2. The molecular formula is C26H30N2O5S. The molecule has 1 saturated heterocycles. The van der Waals surface area contributed by atoms with Gasteiger partial charge in [-0.1, -0.05) is 61.9 Å². The lowest BCUT2D eigenvalue weighted by Gasteiger charge is -2.27. The molecule has 0 bridgehead atoms. The topological polar surface area (TPSA) is 95.9 Å². The Morgan fingerprint density at radius 3 is 2.32 bits per heavy atom. The van der Waals surface area contributed by atoms with Crippen LogP contribution in [0.3, 0.4) is 0 Å². The highest BCUT2D eigenvalue weighted by molar-refractivity contribution is 8.00. The number of nitrogens with one attached hydrogen (secondary N) is 1. The van der Waals surface area contributed by atoms with Crippen molar-refractivity contribution >= 4 is 29.7 Å². The maximum absolute atomic E-state index is 12.9. The Hall–Kier alpha value is -3.00. The van der Waals surface area contributed by atoms with Crippen molar-refractivity contribution in [3.8, 4) is 11.1 Å². The number of hydrogen-bond donors (Lipinski definition) is 2. The highest BCUT2D eigenvalue weighted by Crippen LogP contribution is 2.44. The molecule has 0 radical (unpaired) electrons. The molecule has 8 heteroatoms. The third-order valence-electron chi connectivity index (χ3n) is 6.52. The van der Waals surface area contributed by atoms with Gasteiger partial charge in [0, 0.05) is 24.1 Å². The minimum atomic E-state index is -0.998. The predicted octanol–water partition coefficient (Wildman–Crippen LogP) is 4.46. The number of carbonyl (C=O) groups is 3. The van der Waals surface area contributed by atoms with Gasteiger partial charge in [-0.3, -0.25) is 4.79 Å². The Morgan fingerprint density at radius 1 is 1.12 bits per heavy atom. The smallest absolute Gasteiger partial charge is 0.407 e. The molecule has 0 aromatic heterocycles. The SMILES string of the molecule is CCCC(CC(=O)N1C(C)SCC1C(=O)O)NC(=O)OCC1c2ccccc2-c2ccccc21. The Balaban J connectivity index is 1.38. The zero-order valence-electron chi connectivity index (χ0n) is 19.4. The number of rotatable bonds is 8. The maximum Gasteiger partial charge on any atom is 0.407 e. The van der Waals surface area contributed by atoms with Crippen LogP contribution >= 0.6 is 11.8 Å². The molecule has 4 rings (SSSR count). The van der Waals surface area contributed by atoms with E-state index < -0.39 is 24.1 Å². The van der Waals surface area contributed by atoms with E-state index in [1.54, 1.807) is 0 Å². The van der Waals surface area contributed by atoms with Gasteiger partial charge in [0.1, 0.15) is 12.6 Å². The number of carboxylic acid groups (broad SMARTS) is 1. The van der Waals surface area contributed by atoms with Crippen LogP contribution in [0.15, 0.2) is 48.5 Å². The lowest BCUT2D eigenvalue weighted by molar-refractivity contribution is -0.149. The molecular weight excluding hydrogens is 452 g/mol. The molecule has 7 nitrogen and oxygen atoms in total. The van der Waals surface area contributed by atoms with Crippen molar-refractivity contribution in [2.75, 3.05) is 12.4 Å². The molecule has 3 unspecified atom stereocenters. The summed E-state index contributed by atoms with van der Waals surface area (Å²) < 4.78 is 5.63. The Morgan fingerprint density at radius 2 is 1.74 bits per heavy atom. The van der Waals surface area contributed by atoms with Crippen LogP contribution in [0, 0.1) is 0 Å². The summed E-state index contributed by atoms with van der Waals surface area (Å²) in [6.45, 7) is 4.01. The fourth-order valence-electron chi connectivity index (χ4n) is 4.91. The molecule has 0 saturated carbocycles. The fraction of sp³-hybridized carbons (Fsp3) is 0.423. The number of carboxylic acids is 1. The molecule has 34 heavy (non-hydrogen) atoms. The minimum absolute atomic E-state index is 0.0387. The number of aliphatic carboxylic acids is 1. The van der Waals surface area contributed by atoms with E-state index in [2.05, 4.69) is 29.6 Å². The molecule has 2 aromatic carbocycles. The summed E-state index contributed by atoms with van der Waals surface area (Å²) in [5.74, 6) is -0.923. The van der Waals surface area contributed by atoms with Crippen LogP contribution in [0.2, 0.25) is 0 Å². The highest BCUT2D eigenvalue weighted by Gasteiger charge is 2.40. The molecule has 180 valence electrons. The first kappa shape index (κ1) is 24.1. The number of alkyl carbamates (subject to hydrolysis) is 1. The second-order valence-electron chi connectivity index (χ2n) is 8.75. The Labute approximate surface area is 203 Å². The highest BCUT2D eigenvalue weighted by atomic mass is 32.2. The van der Waals surface area contributed by atoms with Crippen LogP contribution in [0.1, 0.15) is 50.2 Å². The summed E-state index contributed by atoms with van der Waals surface area (Å²) in [6, 6.07) is 15.0. The van der Waals surface area contributed by atoms with E-state index in [0.717, 1.165) is 28.7 Å². The summed E-state index contributed by atoms with van der Waals surface area (Å²) in [5, 5.41) is 12.1. The molecule has 1 aliphatic carbocycles. The van der Waals surface area contributed by atoms with Crippen LogP contribution in [0.25, 0.3) is 11.1 Å². The van der Waals surface area contributed by atoms with Crippen molar-refractivity contribution in [2.45, 2.75) is 56.5 Å². The van der Waals surface area contributed by atoms with Gasteiger partial charge in [-0.2, -0.15) is 0 Å². The van der Waals surface area contributed by atoms with Crippen LogP contribution in [-0.4, -0.2) is 57.8 Å². The average molecular weight is 483 g/mol. The third kappa shape index (κ3) is 4.92. The van der Waals surface area contributed by atoms with Crippen molar-refractivity contribution < 1.29 is 24.2 Å².